The van der Waals surface area contributed by atoms with Crippen molar-refractivity contribution >= 4 is 29.2 Å². The highest BCUT2D eigenvalue weighted by atomic mass is 35.5. The van der Waals surface area contributed by atoms with Crippen molar-refractivity contribution in [2.24, 2.45) is 0 Å². The number of carbonyl (C=O) groups is 2. The van der Waals surface area contributed by atoms with Crippen molar-refractivity contribution < 1.29 is 24.5 Å². The van der Waals surface area contributed by atoms with Crippen LogP contribution in [0.2, 0.25) is 5.02 Å². The molecule has 0 fully saturated rings. The fourth-order valence-corrected chi connectivity index (χ4v) is 4.10. The van der Waals surface area contributed by atoms with Gasteiger partial charge in [-0.1, -0.05) is 18.5 Å². The highest BCUT2D eigenvalue weighted by Crippen LogP contribution is 2.47. The molecule has 2 aromatic rings. The van der Waals surface area contributed by atoms with Crippen LogP contribution in [0.15, 0.2) is 30.3 Å². The van der Waals surface area contributed by atoms with Crippen molar-refractivity contribution in [2.75, 3.05) is 11.5 Å². The van der Waals surface area contributed by atoms with E-state index in [1.807, 2.05) is 0 Å². The summed E-state index contributed by atoms with van der Waals surface area (Å²) in [6, 6.07) is 7.27. The zero-order chi connectivity index (χ0) is 19.3. The predicted molar refractivity (Wildman–Crippen MR) is 99.8 cm³/mol. The number of aliphatic carboxylic acids is 1. The van der Waals surface area contributed by atoms with Gasteiger partial charge in [-0.25, -0.2) is 4.79 Å². The summed E-state index contributed by atoms with van der Waals surface area (Å²) in [5.41, 5.74) is 2.47. The number of hydrogen-bond acceptors (Lipinski definition) is 4. The highest BCUT2D eigenvalue weighted by Gasteiger charge is 2.44. The lowest BCUT2D eigenvalue weighted by Crippen LogP contribution is -2.43. The number of nitrogens with zero attached hydrogens (tertiary/aromatic N) is 1. The van der Waals surface area contributed by atoms with Gasteiger partial charge in [0.15, 0.2) is 0 Å². The van der Waals surface area contributed by atoms with Gasteiger partial charge in [-0.05, 0) is 41.8 Å². The van der Waals surface area contributed by atoms with Crippen LogP contribution in [0.5, 0.6) is 11.5 Å². The Balaban J connectivity index is 1.89. The molecule has 2 N–H and O–H groups in total. The second-order valence-electron chi connectivity index (χ2n) is 6.72. The minimum Gasteiger partial charge on any atom is -0.507 e. The fourth-order valence-electron chi connectivity index (χ4n) is 3.92. The highest BCUT2D eigenvalue weighted by molar-refractivity contribution is 6.31. The normalized spacial score (nSPS) is 18.8. The molecule has 2 aliphatic rings. The standard InChI is InChI=1S/C20H18ClNO5/c1-2-14(20(25)26)22-15-4-3-11(21)8-12(15)18(19(22)24)13-7-10-5-6-27-17(10)9-16(13)23/h3-4,7-9,14,18,23H,2,5-6H2,1H3,(H,25,26). The Hall–Kier alpha value is -2.73. The van der Waals surface area contributed by atoms with Gasteiger partial charge in [0.1, 0.15) is 17.5 Å². The molecule has 0 saturated carbocycles. The van der Waals surface area contributed by atoms with Crippen molar-refractivity contribution in [3.63, 3.8) is 0 Å². The van der Waals surface area contributed by atoms with Gasteiger partial charge in [-0.2, -0.15) is 0 Å². The number of rotatable bonds is 4. The number of phenols is 1. The minimum atomic E-state index is -1.07. The molecule has 2 atom stereocenters. The Kier molecular flexibility index (Phi) is 4.23. The molecule has 2 aliphatic heterocycles. The van der Waals surface area contributed by atoms with Crippen LogP contribution in [0.25, 0.3) is 0 Å². The minimum absolute atomic E-state index is 0.0508. The average molecular weight is 388 g/mol. The molecule has 0 bridgehead atoms. The Morgan fingerprint density at radius 2 is 2.11 bits per heavy atom. The van der Waals surface area contributed by atoms with Crippen LogP contribution in [0.1, 0.15) is 36.0 Å². The van der Waals surface area contributed by atoms with Crippen LogP contribution in [0.3, 0.4) is 0 Å². The van der Waals surface area contributed by atoms with E-state index < -0.39 is 17.9 Å². The number of carbonyl (C=O) groups excluding carboxylic acids is 1. The summed E-state index contributed by atoms with van der Waals surface area (Å²) in [7, 11) is 0. The number of amides is 1. The number of carboxylic acids is 1. The molecular formula is C20H18ClNO5. The first kappa shape index (κ1) is 17.7. The van der Waals surface area contributed by atoms with E-state index in [9.17, 15) is 19.8 Å². The molecule has 4 rings (SSSR count). The number of fused-ring (bicyclic) bond motifs is 2. The summed E-state index contributed by atoms with van der Waals surface area (Å²) in [4.78, 5) is 26.3. The second-order valence-corrected chi connectivity index (χ2v) is 7.16. The first-order valence-electron chi connectivity index (χ1n) is 8.76. The molecule has 0 saturated heterocycles. The van der Waals surface area contributed by atoms with Crippen molar-refractivity contribution in [1.82, 2.24) is 0 Å². The van der Waals surface area contributed by atoms with Gasteiger partial charge in [-0.15, -0.1) is 0 Å². The number of carboxylic acid groups (broad SMARTS) is 1. The maximum absolute atomic E-state index is 13.3. The molecule has 2 unspecified atom stereocenters. The smallest absolute Gasteiger partial charge is 0.326 e. The summed E-state index contributed by atoms with van der Waals surface area (Å²) in [5, 5.41) is 20.6. The molecule has 7 heteroatoms. The van der Waals surface area contributed by atoms with E-state index in [0.717, 1.165) is 5.56 Å². The van der Waals surface area contributed by atoms with E-state index in [2.05, 4.69) is 0 Å². The topological polar surface area (TPSA) is 87.1 Å². The molecule has 27 heavy (non-hydrogen) atoms. The SMILES string of the molecule is CCC(C(=O)O)N1C(=O)C(c2cc3c(cc2O)OCC3)c2cc(Cl)ccc21. The number of anilines is 1. The quantitative estimate of drug-likeness (QED) is 0.840. The second kappa shape index (κ2) is 6.46. The van der Waals surface area contributed by atoms with E-state index in [1.165, 1.54) is 11.0 Å². The number of ether oxygens (including phenoxy) is 1. The van der Waals surface area contributed by atoms with Gasteiger partial charge in [0.2, 0.25) is 5.91 Å². The molecule has 0 radical (unpaired) electrons. The molecule has 2 heterocycles. The van der Waals surface area contributed by atoms with Gasteiger partial charge in [0, 0.05) is 28.8 Å². The summed E-state index contributed by atoms with van der Waals surface area (Å²) < 4.78 is 5.47. The average Bonchev–Trinajstić information content (AvgIpc) is 3.17. The van der Waals surface area contributed by atoms with Gasteiger partial charge < -0.3 is 14.9 Å². The monoisotopic (exact) mass is 387 g/mol. The Labute approximate surface area is 160 Å². The van der Waals surface area contributed by atoms with Crippen molar-refractivity contribution in [2.45, 2.75) is 31.7 Å². The molecule has 1 amide bonds. The van der Waals surface area contributed by atoms with Crippen LogP contribution >= 0.6 is 11.6 Å². The van der Waals surface area contributed by atoms with Crippen LogP contribution in [-0.2, 0) is 16.0 Å². The number of benzene rings is 2. The molecule has 0 spiro atoms. The number of aromatic hydroxyl groups is 1. The maximum Gasteiger partial charge on any atom is 0.326 e. The predicted octanol–water partition coefficient (Wildman–Crippen LogP) is 3.32. The van der Waals surface area contributed by atoms with Gasteiger partial charge in [-0.3, -0.25) is 9.69 Å². The van der Waals surface area contributed by atoms with E-state index in [0.29, 0.717) is 40.6 Å². The molecular weight excluding hydrogens is 370 g/mol. The van der Waals surface area contributed by atoms with Crippen molar-refractivity contribution in [1.29, 1.82) is 0 Å². The van der Waals surface area contributed by atoms with Crippen molar-refractivity contribution in [3.05, 3.63) is 52.0 Å². The summed E-state index contributed by atoms with van der Waals surface area (Å²) >= 11 is 6.15. The zero-order valence-corrected chi connectivity index (χ0v) is 15.4. The fraction of sp³-hybridized carbons (Fsp3) is 0.300. The zero-order valence-electron chi connectivity index (χ0n) is 14.6. The molecule has 2 aromatic carbocycles. The maximum atomic E-state index is 13.3. The largest absolute Gasteiger partial charge is 0.507 e. The Morgan fingerprint density at radius 3 is 2.81 bits per heavy atom. The Morgan fingerprint density at radius 1 is 1.33 bits per heavy atom. The lowest BCUT2D eigenvalue weighted by atomic mass is 9.90. The number of hydrogen-bond donors (Lipinski definition) is 2. The van der Waals surface area contributed by atoms with E-state index in [4.69, 9.17) is 16.3 Å². The van der Waals surface area contributed by atoms with Crippen LogP contribution < -0.4 is 9.64 Å². The first-order valence-corrected chi connectivity index (χ1v) is 9.14. The van der Waals surface area contributed by atoms with Gasteiger partial charge in [0.25, 0.3) is 0 Å². The summed E-state index contributed by atoms with van der Waals surface area (Å²) in [6.07, 6.45) is 0.961. The van der Waals surface area contributed by atoms with Crippen LogP contribution in [-0.4, -0.2) is 34.7 Å². The third-order valence-electron chi connectivity index (χ3n) is 5.18. The molecule has 140 valence electrons. The lowest BCUT2D eigenvalue weighted by Gasteiger charge is -2.24. The van der Waals surface area contributed by atoms with Crippen molar-refractivity contribution in [3.8, 4) is 11.5 Å². The number of phenolic OH excluding ortho intramolecular Hbond substituents is 1. The lowest BCUT2D eigenvalue weighted by molar-refractivity contribution is -0.140. The molecule has 0 aliphatic carbocycles. The van der Waals surface area contributed by atoms with Crippen LogP contribution in [0.4, 0.5) is 5.69 Å². The molecule has 6 nitrogen and oxygen atoms in total. The van der Waals surface area contributed by atoms with E-state index in [-0.39, 0.29) is 18.1 Å². The van der Waals surface area contributed by atoms with Crippen LogP contribution in [0, 0.1) is 0 Å². The van der Waals surface area contributed by atoms with E-state index >= 15 is 0 Å². The third kappa shape index (κ3) is 2.72. The number of halogens is 1. The molecule has 0 aromatic heterocycles. The van der Waals surface area contributed by atoms with Gasteiger partial charge >= 0.3 is 5.97 Å². The third-order valence-corrected chi connectivity index (χ3v) is 5.41. The Bertz CT molecular complexity index is 958. The summed E-state index contributed by atoms with van der Waals surface area (Å²) in [6.45, 7) is 2.25. The first-order chi connectivity index (χ1) is 12.9. The van der Waals surface area contributed by atoms with Gasteiger partial charge in [0.05, 0.1) is 12.5 Å². The summed E-state index contributed by atoms with van der Waals surface area (Å²) in [5.74, 6) is -1.69. The van der Waals surface area contributed by atoms with E-state index in [1.54, 1.807) is 31.2 Å².